The summed E-state index contributed by atoms with van der Waals surface area (Å²) in [7, 11) is 0. The first-order valence-corrected chi connectivity index (χ1v) is 5.83. The Hall–Kier alpha value is -0.190. The molecule has 0 heterocycles. The van der Waals surface area contributed by atoms with Crippen LogP contribution >= 0.6 is 15.9 Å². The molecule has 1 unspecified atom stereocenters. The van der Waals surface area contributed by atoms with Crippen molar-refractivity contribution in [1.29, 1.82) is 0 Å². The van der Waals surface area contributed by atoms with Gasteiger partial charge in [0, 0.05) is 5.33 Å². The zero-order valence-electron chi connectivity index (χ0n) is 6.37. The topological polar surface area (TPSA) is 37.3 Å². The van der Waals surface area contributed by atoms with Crippen molar-refractivity contribution in [2.75, 3.05) is 0 Å². The second kappa shape index (κ2) is 4.74. The average molecular weight is 249 g/mol. The van der Waals surface area contributed by atoms with E-state index in [4.69, 9.17) is 4.55 Å². The minimum atomic E-state index is -1.74. The quantitative estimate of drug-likeness (QED) is 0.659. The molecule has 0 aliphatic carbocycles. The van der Waals surface area contributed by atoms with Gasteiger partial charge in [-0.25, -0.2) is 4.21 Å². The second-order valence-electron chi connectivity index (χ2n) is 2.42. The molecule has 0 aliphatic rings. The fourth-order valence-corrected chi connectivity index (χ4v) is 1.72. The third-order valence-electron chi connectivity index (χ3n) is 1.47. The van der Waals surface area contributed by atoms with Crippen LogP contribution in [0.1, 0.15) is 11.1 Å². The molecular weight excluding hydrogens is 240 g/mol. The molecule has 0 aliphatic heterocycles. The first-order valence-electron chi connectivity index (χ1n) is 3.43. The van der Waals surface area contributed by atoms with E-state index in [1.807, 2.05) is 24.3 Å². The van der Waals surface area contributed by atoms with Gasteiger partial charge in [0.05, 0.1) is 5.75 Å². The predicted molar refractivity (Wildman–Crippen MR) is 53.5 cm³/mol. The molecule has 0 fully saturated rings. The van der Waals surface area contributed by atoms with Crippen molar-refractivity contribution in [1.82, 2.24) is 0 Å². The highest BCUT2D eigenvalue weighted by molar-refractivity contribution is 9.08. The van der Waals surface area contributed by atoms with Crippen molar-refractivity contribution in [2.45, 2.75) is 11.1 Å². The van der Waals surface area contributed by atoms with E-state index in [2.05, 4.69) is 15.9 Å². The molecule has 0 aromatic heterocycles. The summed E-state index contributed by atoms with van der Waals surface area (Å²) >= 11 is 1.59. The Morgan fingerprint density at radius 3 is 2.17 bits per heavy atom. The largest absolute Gasteiger partial charge is 0.306 e. The normalized spacial score (nSPS) is 12.8. The SMILES string of the molecule is O=S(O)Cc1ccc(CBr)cc1. The van der Waals surface area contributed by atoms with Crippen LogP contribution in [0, 0.1) is 0 Å². The smallest absolute Gasteiger partial charge is 0.157 e. The monoisotopic (exact) mass is 248 g/mol. The van der Waals surface area contributed by atoms with E-state index in [0.717, 1.165) is 10.9 Å². The first-order chi connectivity index (χ1) is 5.72. The van der Waals surface area contributed by atoms with E-state index in [-0.39, 0.29) is 5.75 Å². The zero-order chi connectivity index (χ0) is 8.97. The Labute approximate surface area is 82.4 Å². The average Bonchev–Trinajstić information content (AvgIpc) is 2.05. The number of halogens is 1. The van der Waals surface area contributed by atoms with Crippen molar-refractivity contribution < 1.29 is 8.76 Å². The summed E-state index contributed by atoms with van der Waals surface area (Å²) in [5.74, 6) is 0.211. The summed E-state index contributed by atoms with van der Waals surface area (Å²) in [6.45, 7) is 0. The summed E-state index contributed by atoms with van der Waals surface area (Å²) < 4.78 is 19.0. The van der Waals surface area contributed by atoms with Crippen LogP contribution in [0.2, 0.25) is 0 Å². The molecule has 1 aromatic rings. The second-order valence-corrected chi connectivity index (χ2v) is 3.91. The first kappa shape index (κ1) is 9.89. The van der Waals surface area contributed by atoms with E-state index in [9.17, 15) is 4.21 Å². The summed E-state index contributed by atoms with van der Waals surface area (Å²) in [5, 5.41) is 0.815. The van der Waals surface area contributed by atoms with Gasteiger partial charge in [-0.2, -0.15) is 0 Å². The van der Waals surface area contributed by atoms with Crippen LogP contribution in [-0.4, -0.2) is 8.76 Å². The van der Waals surface area contributed by atoms with Gasteiger partial charge in [-0.1, -0.05) is 40.2 Å². The lowest BCUT2D eigenvalue weighted by Gasteiger charge is -1.98. The maximum Gasteiger partial charge on any atom is 0.157 e. The van der Waals surface area contributed by atoms with E-state index in [1.54, 1.807) is 0 Å². The number of hydrogen-bond acceptors (Lipinski definition) is 1. The maximum atomic E-state index is 10.4. The Kier molecular flexibility index (Phi) is 3.91. The molecule has 0 spiro atoms. The molecular formula is C8H9BrO2S. The third kappa shape index (κ3) is 3.05. The Morgan fingerprint density at radius 1 is 1.25 bits per heavy atom. The molecule has 12 heavy (non-hydrogen) atoms. The van der Waals surface area contributed by atoms with Crippen LogP contribution < -0.4 is 0 Å². The van der Waals surface area contributed by atoms with Crippen molar-refractivity contribution in [3.63, 3.8) is 0 Å². The van der Waals surface area contributed by atoms with Crippen molar-refractivity contribution in [3.8, 4) is 0 Å². The van der Waals surface area contributed by atoms with Gasteiger partial charge in [-0.3, -0.25) is 0 Å². The van der Waals surface area contributed by atoms with Crippen molar-refractivity contribution >= 4 is 27.0 Å². The highest BCUT2D eigenvalue weighted by Gasteiger charge is 1.97. The summed E-state index contributed by atoms with van der Waals surface area (Å²) in [6, 6.07) is 7.61. The number of benzene rings is 1. The van der Waals surface area contributed by atoms with Gasteiger partial charge in [0.2, 0.25) is 0 Å². The maximum absolute atomic E-state index is 10.4. The van der Waals surface area contributed by atoms with E-state index in [0.29, 0.717) is 0 Å². The predicted octanol–water partition coefficient (Wildman–Crippen LogP) is 2.30. The summed E-state index contributed by atoms with van der Waals surface area (Å²) in [6.07, 6.45) is 0. The number of hydrogen-bond donors (Lipinski definition) is 1. The highest BCUT2D eigenvalue weighted by Crippen LogP contribution is 2.08. The Bertz CT molecular complexity index is 271. The summed E-state index contributed by atoms with van der Waals surface area (Å²) in [5.41, 5.74) is 2.06. The standard InChI is InChI=1S/C8H9BrO2S/c9-5-7-1-3-8(4-2-7)6-12(10)11/h1-4H,5-6H2,(H,10,11). The molecule has 0 saturated carbocycles. The summed E-state index contributed by atoms with van der Waals surface area (Å²) in [4.78, 5) is 0. The molecule has 4 heteroatoms. The zero-order valence-corrected chi connectivity index (χ0v) is 8.77. The molecule has 0 bridgehead atoms. The molecule has 0 saturated heterocycles. The molecule has 1 rings (SSSR count). The van der Waals surface area contributed by atoms with E-state index < -0.39 is 11.1 Å². The van der Waals surface area contributed by atoms with Crippen LogP contribution in [0.15, 0.2) is 24.3 Å². The Balaban J connectivity index is 2.71. The van der Waals surface area contributed by atoms with E-state index in [1.165, 1.54) is 5.56 Å². The van der Waals surface area contributed by atoms with Gasteiger partial charge < -0.3 is 4.55 Å². The highest BCUT2D eigenvalue weighted by atomic mass is 79.9. The lowest BCUT2D eigenvalue weighted by molar-refractivity contribution is 0.563. The van der Waals surface area contributed by atoms with E-state index >= 15 is 0 Å². The molecule has 0 radical (unpaired) electrons. The van der Waals surface area contributed by atoms with Gasteiger partial charge in [0.15, 0.2) is 11.1 Å². The van der Waals surface area contributed by atoms with Gasteiger partial charge in [-0.05, 0) is 11.1 Å². The molecule has 1 aromatic carbocycles. The fraction of sp³-hybridized carbons (Fsp3) is 0.250. The molecule has 0 amide bonds. The van der Waals surface area contributed by atoms with Gasteiger partial charge >= 0.3 is 0 Å². The van der Waals surface area contributed by atoms with Crippen molar-refractivity contribution in [3.05, 3.63) is 35.4 Å². The minimum absolute atomic E-state index is 0.211. The van der Waals surface area contributed by atoms with Crippen LogP contribution in [0.4, 0.5) is 0 Å². The lowest BCUT2D eigenvalue weighted by Crippen LogP contribution is -1.92. The third-order valence-corrected chi connectivity index (χ3v) is 2.70. The molecule has 2 nitrogen and oxygen atoms in total. The Morgan fingerprint density at radius 2 is 1.75 bits per heavy atom. The minimum Gasteiger partial charge on any atom is -0.306 e. The van der Waals surface area contributed by atoms with Crippen LogP contribution in [0.25, 0.3) is 0 Å². The van der Waals surface area contributed by atoms with Gasteiger partial charge in [0.25, 0.3) is 0 Å². The van der Waals surface area contributed by atoms with Gasteiger partial charge in [0.1, 0.15) is 0 Å². The van der Waals surface area contributed by atoms with Gasteiger partial charge in [-0.15, -0.1) is 0 Å². The number of alkyl halides is 1. The lowest BCUT2D eigenvalue weighted by atomic mass is 10.2. The van der Waals surface area contributed by atoms with Crippen LogP contribution in [-0.2, 0) is 22.2 Å². The van der Waals surface area contributed by atoms with Crippen LogP contribution in [0.3, 0.4) is 0 Å². The van der Waals surface area contributed by atoms with Crippen LogP contribution in [0.5, 0.6) is 0 Å². The molecule has 66 valence electrons. The van der Waals surface area contributed by atoms with Crippen molar-refractivity contribution in [2.24, 2.45) is 0 Å². The fourth-order valence-electron chi connectivity index (χ4n) is 0.867. The molecule has 1 atom stereocenters. The molecule has 1 N–H and O–H groups in total. The number of rotatable bonds is 3.